The fourth-order valence-electron chi connectivity index (χ4n) is 3.06. The third-order valence-electron chi connectivity index (χ3n) is 4.29. The molecule has 0 radical (unpaired) electrons. The zero-order valence-corrected chi connectivity index (χ0v) is 15.0. The number of rotatable bonds is 5. The van der Waals surface area contributed by atoms with Crippen LogP contribution in [0.5, 0.6) is 0 Å². The van der Waals surface area contributed by atoms with Crippen molar-refractivity contribution in [2.75, 3.05) is 12.4 Å². The predicted octanol–water partition coefficient (Wildman–Crippen LogP) is 4.39. The fraction of sp³-hybridized carbons (Fsp3) is 0.353. The molecule has 1 N–H and O–H groups in total. The van der Waals surface area contributed by atoms with E-state index in [1.807, 2.05) is 24.4 Å². The van der Waals surface area contributed by atoms with Crippen LogP contribution in [0.4, 0.5) is 0 Å². The van der Waals surface area contributed by atoms with Crippen molar-refractivity contribution in [3.8, 4) is 0 Å². The first-order valence-corrected chi connectivity index (χ1v) is 8.39. The number of nitrogens with one attached hydrogen (secondary N) is 1. The first-order chi connectivity index (χ1) is 10.7. The lowest BCUT2D eigenvalue weighted by Gasteiger charge is -2.37. The molecule has 0 aliphatic carbocycles. The van der Waals surface area contributed by atoms with Gasteiger partial charge in [-0.05, 0) is 30.0 Å². The van der Waals surface area contributed by atoms with Crippen molar-refractivity contribution in [3.05, 3.63) is 64.9 Å². The van der Waals surface area contributed by atoms with Crippen LogP contribution in [-0.4, -0.2) is 22.4 Å². The zero-order chi connectivity index (χ0) is 15.4. The van der Waals surface area contributed by atoms with Gasteiger partial charge in [0.1, 0.15) is 5.15 Å². The quantitative estimate of drug-likeness (QED) is 0.623. The summed E-state index contributed by atoms with van der Waals surface area (Å²) in [5.41, 5.74) is 5.70. The van der Waals surface area contributed by atoms with E-state index in [2.05, 4.69) is 39.7 Å². The summed E-state index contributed by atoms with van der Waals surface area (Å²) >= 11 is 12.3. The zero-order valence-electron chi connectivity index (χ0n) is 12.7. The van der Waals surface area contributed by atoms with Gasteiger partial charge in [0, 0.05) is 25.2 Å². The second kappa shape index (κ2) is 8.32. The largest absolute Gasteiger partial charge is 0.250 e. The molecular formula is C17H20Cl3N3. The number of hydrogen-bond acceptors (Lipinski definition) is 3. The van der Waals surface area contributed by atoms with Crippen LogP contribution in [0.2, 0.25) is 5.15 Å². The molecule has 1 unspecified atom stereocenters. The van der Waals surface area contributed by atoms with E-state index in [1.54, 1.807) is 0 Å². The minimum atomic E-state index is -0.214. The molecule has 1 fully saturated rings. The highest BCUT2D eigenvalue weighted by atomic mass is 35.5. The Morgan fingerprint density at radius 1 is 1.17 bits per heavy atom. The lowest BCUT2D eigenvalue weighted by molar-refractivity contribution is 0.0890. The Balaban J connectivity index is 0.00000192. The summed E-state index contributed by atoms with van der Waals surface area (Å²) in [6.07, 6.45) is 3.96. The molecule has 0 amide bonds. The second-order valence-electron chi connectivity index (χ2n) is 5.61. The molecule has 6 heteroatoms. The predicted molar refractivity (Wildman–Crippen MR) is 98.1 cm³/mol. The van der Waals surface area contributed by atoms with Gasteiger partial charge >= 0.3 is 0 Å². The van der Waals surface area contributed by atoms with Gasteiger partial charge in [-0.25, -0.2) is 15.4 Å². The van der Waals surface area contributed by atoms with Crippen molar-refractivity contribution in [1.82, 2.24) is 15.4 Å². The molecule has 0 bridgehead atoms. The van der Waals surface area contributed by atoms with E-state index in [-0.39, 0.29) is 17.9 Å². The monoisotopic (exact) mass is 371 g/mol. The summed E-state index contributed by atoms with van der Waals surface area (Å²) in [6.45, 7) is 1.77. The number of pyridine rings is 1. The molecule has 2 aromatic rings. The third-order valence-corrected chi connectivity index (χ3v) is 4.96. The Hall–Kier alpha value is -0.840. The van der Waals surface area contributed by atoms with E-state index in [0.29, 0.717) is 11.0 Å². The van der Waals surface area contributed by atoms with Crippen molar-refractivity contribution in [2.24, 2.45) is 0 Å². The van der Waals surface area contributed by atoms with Crippen molar-refractivity contribution >= 4 is 35.6 Å². The molecule has 2 heterocycles. The summed E-state index contributed by atoms with van der Waals surface area (Å²) in [4.78, 5) is 4.22. The average molecular weight is 373 g/mol. The maximum Gasteiger partial charge on any atom is 0.129 e. The molecule has 124 valence electrons. The molecule has 1 aromatic heterocycles. The molecule has 3 rings (SSSR count). The number of hydrogen-bond donors (Lipinski definition) is 1. The minimum Gasteiger partial charge on any atom is -0.250 e. The molecule has 1 aliphatic heterocycles. The first kappa shape index (κ1) is 18.5. The van der Waals surface area contributed by atoms with Gasteiger partial charge in [0.25, 0.3) is 0 Å². The van der Waals surface area contributed by atoms with Gasteiger partial charge in [0.15, 0.2) is 0 Å². The van der Waals surface area contributed by atoms with E-state index < -0.39 is 0 Å². The highest BCUT2D eigenvalue weighted by molar-refractivity contribution is 6.29. The van der Waals surface area contributed by atoms with Gasteiger partial charge in [-0.3, -0.25) is 0 Å². The van der Waals surface area contributed by atoms with Gasteiger partial charge in [-0.1, -0.05) is 48.0 Å². The first-order valence-electron chi connectivity index (χ1n) is 7.48. The number of halogens is 3. The Labute approximate surface area is 153 Å². The lowest BCUT2D eigenvalue weighted by Crippen LogP contribution is -2.50. The van der Waals surface area contributed by atoms with Gasteiger partial charge in [-0.2, -0.15) is 0 Å². The number of aromatic nitrogens is 1. The Bertz CT molecular complexity index is 606. The Morgan fingerprint density at radius 2 is 1.96 bits per heavy atom. The van der Waals surface area contributed by atoms with Gasteiger partial charge in [0.05, 0.1) is 5.54 Å². The summed E-state index contributed by atoms with van der Waals surface area (Å²) in [5, 5.41) is 2.77. The Morgan fingerprint density at radius 3 is 2.61 bits per heavy atom. The maximum absolute atomic E-state index is 6.37. The van der Waals surface area contributed by atoms with Gasteiger partial charge in [-0.15, -0.1) is 24.0 Å². The smallest absolute Gasteiger partial charge is 0.129 e. The molecule has 0 spiro atoms. The summed E-state index contributed by atoms with van der Waals surface area (Å²) in [5.74, 6) is 0.526. The highest BCUT2D eigenvalue weighted by Gasteiger charge is 2.42. The van der Waals surface area contributed by atoms with E-state index in [4.69, 9.17) is 23.2 Å². The number of hydrazine groups is 1. The third kappa shape index (κ3) is 3.98. The fourth-order valence-corrected chi connectivity index (χ4v) is 3.60. The number of alkyl halides is 1. The molecule has 3 nitrogen and oxygen atoms in total. The van der Waals surface area contributed by atoms with Crippen molar-refractivity contribution < 1.29 is 0 Å². The number of benzene rings is 1. The molecule has 1 saturated heterocycles. The average Bonchev–Trinajstić information content (AvgIpc) is 2.98. The van der Waals surface area contributed by atoms with Gasteiger partial charge in [0.2, 0.25) is 0 Å². The maximum atomic E-state index is 6.37. The van der Waals surface area contributed by atoms with Crippen molar-refractivity contribution in [3.63, 3.8) is 0 Å². The second-order valence-corrected chi connectivity index (χ2v) is 6.27. The van der Waals surface area contributed by atoms with Gasteiger partial charge < -0.3 is 0 Å². The van der Waals surface area contributed by atoms with Crippen molar-refractivity contribution in [2.45, 2.75) is 24.9 Å². The topological polar surface area (TPSA) is 28.2 Å². The molecule has 0 saturated carbocycles. The lowest BCUT2D eigenvalue weighted by atomic mass is 9.91. The molecule has 1 atom stereocenters. The normalized spacial score (nSPS) is 21.1. The molecule has 23 heavy (non-hydrogen) atoms. The van der Waals surface area contributed by atoms with Crippen LogP contribution >= 0.6 is 35.6 Å². The van der Waals surface area contributed by atoms with Crippen LogP contribution in [0.3, 0.4) is 0 Å². The minimum absolute atomic E-state index is 0. The van der Waals surface area contributed by atoms with Crippen LogP contribution < -0.4 is 5.43 Å². The molecular weight excluding hydrogens is 353 g/mol. The van der Waals surface area contributed by atoms with Crippen molar-refractivity contribution in [1.29, 1.82) is 0 Å². The number of nitrogens with zero attached hydrogens (tertiary/aromatic N) is 2. The molecule has 1 aromatic carbocycles. The van der Waals surface area contributed by atoms with Crippen LogP contribution in [0.1, 0.15) is 24.0 Å². The Kier molecular flexibility index (Phi) is 6.69. The van der Waals surface area contributed by atoms with E-state index in [0.717, 1.165) is 31.5 Å². The standard InChI is InChI=1S/C17H19Cl2N3.ClH/c18-13-17(15-7-8-16(19)20-12-15)9-4-10-22(17)21-11-14-5-2-1-3-6-14;/h1-3,5-8,12,21H,4,9-11,13H2;1H. The summed E-state index contributed by atoms with van der Waals surface area (Å²) < 4.78 is 0. The van der Waals surface area contributed by atoms with Crippen LogP contribution in [0.15, 0.2) is 48.7 Å². The van der Waals surface area contributed by atoms with E-state index in [1.165, 1.54) is 5.56 Å². The summed E-state index contributed by atoms with van der Waals surface area (Å²) in [7, 11) is 0. The van der Waals surface area contributed by atoms with Crippen LogP contribution in [0, 0.1) is 0 Å². The van der Waals surface area contributed by atoms with E-state index >= 15 is 0 Å². The van der Waals surface area contributed by atoms with Crippen LogP contribution in [-0.2, 0) is 12.1 Å². The summed E-state index contributed by atoms with van der Waals surface area (Å²) in [6, 6.07) is 14.2. The van der Waals surface area contributed by atoms with E-state index in [9.17, 15) is 0 Å². The molecule has 1 aliphatic rings. The van der Waals surface area contributed by atoms with Crippen LogP contribution in [0.25, 0.3) is 0 Å². The SMILES string of the molecule is Cl.ClCC1(c2ccc(Cl)nc2)CCCN1NCc1ccccc1. The highest BCUT2D eigenvalue weighted by Crippen LogP contribution is 2.38.